The molecule has 0 fully saturated rings. The maximum absolute atomic E-state index is 12.4. The van der Waals surface area contributed by atoms with Gasteiger partial charge in [-0.1, -0.05) is 26.7 Å². The van der Waals surface area contributed by atoms with Gasteiger partial charge in [-0.25, -0.2) is 0 Å². The Balaban J connectivity index is 2.67. The zero-order valence-corrected chi connectivity index (χ0v) is 10.7. The molecule has 1 aromatic rings. The smallest absolute Gasteiger partial charge is 0.323 e. The fourth-order valence-electron chi connectivity index (χ4n) is 1.96. The maximum Gasteiger partial charge on any atom is 0.417 e. The Kier molecular flexibility index (Phi) is 5.14. The van der Waals surface area contributed by atoms with Gasteiger partial charge < -0.3 is 5.73 Å². The highest BCUT2D eigenvalue weighted by molar-refractivity contribution is 5.18. The van der Waals surface area contributed by atoms with Gasteiger partial charge in [0.1, 0.15) is 0 Å². The van der Waals surface area contributed by atoms with Gasteiger partial charge in [-0.3, -0.25) is 4.98 Å². The maximum atomic E-state index is 12.4. The molecule has 1 aromatic heterocycles. The first-order valence-electron chi connectivity index (χ1n) is 6.13. The molecule has 0 saturated carbocycles. The zero-order valence-electron chi connectivity index (χ0n) is 10.7. The van der Waals surface area contributed by atoms with Gasteiger partial charge in [-0.05, 0) is 24.5 Å². The molecule has 18 heavy (non-hydrogen) atoms. The van der Waals surface area contributed by atoms with Crippen molar-refractivity contribution >= 4 is 0 Å². The van der Waals surface area contributed by atoms with Crippen LogP contribution in [0.1, 0.15) is 50.4 Å². The first kappa shape index (κ1) is 15.0. The SMILES string of the molecule is CCCC(C)CC(N)c1ccc(C(F)(F)F)cn1. The number of pyridine rings is 1. The van der Waals surface area contributed by atoms with Crippen molar-refractivity contribution in [3.63, 3.8) is 0 Å². The van der Waals surface area contributed by atoms with Crippen LogP contribution in [0.5, 0.6) is 0 Å². The number of aromatic nitrogens is 1. The van der Waals surface area contributed by atoms with Crippen LogP contribution in [0, 0.1) is 5.92 Å². The summed E-state index contributed by atoms with van der Waals surface area (Å²) >= 11 is 0. The number of nitrogens with two attached hydrogens (primary N) is 1. The van der Waals surface area contributed by atoms with Crippen molar-refractivity contribution in [1.82, 2.24) is 4.98 Å². The number of hydrogen-bond acceptors (Lipinski definition) is 2. The predicted octanol–water partition coefficient (Wildman–Crippen LogP) is 3.93. The van der Waals surface area contributed by atoms with Crippen molar-refractivity contribution in [3.05, 3.63) is 29.6 Å². The van der Waals surface area contributed by atoms with Crippen LogP contribution < -0.4 is 5.73 Å². The molecular weight excluding hydrogens is 241 g/mol. The Morgan fingerprint density at radius 1 is 1.33 bits per heavy atom. The monoisotopic (exact) mass is 260 g/mol. The van der Waals surface area contributed by atoms with Crippen LogP contribution in [0.4, 0.5) is 13.2 Å². The first-order valence-corrected chi connectivity index (χ1v) is 6.13. The van der Waals surface area contributed by atoms with Gasteiger partial charge in [0, 0.05) is 12.2 Å². The second-order valence-corrected chi connectivity index (χ2v) is 4.71. The molecule has 0 spiro atoms. The molecule has 2 atom stereocenters. The number of halogens is 3. The molecule has 0 saturated heterocycles. The number of hydrogen-bond donors (Lipinski definition) is 1. The van der Waals surface area contributed by atoms with Crippen LogP contribution in [0.2, 0.25) is 0 Å². The van der Waals surface area contributed by atoms with Crippen LogP contribution in [0.3, 0.4) is 0 Å². The summed E-state index contributed by atoms with van der Waals surface area (Å²) in [6, 6.07) is 2.10. The quantitative estimate of drug-likeness (QED) is 0.871. The lowest BCUT2D eigenvalue weighted by atomic mass is 9.96. The average molecular weight is 260 g/mol. The van der Waals surface area contributed by atoms with E-state index in [2.05, 4.69) is 18.8 Å². The number of nitrogens with zero attached hydrogens (tertiary/aromatic N) is 1. The van der Waals surface area contributed by atoms with Crippen LogP contribution in [-0.4, -0.2) is 4.98 Å². The zero-order chi connectivity index (χ0) is 13.8. The minimum atomic E-state index is -4.34. The summed E-state index contributed by atoms with van der Waals surface area (Å²) in [6.07, 6.45) is -0.611. The fourth-order valence-corrected chi connectivity index (χ4v) is 1.96. The number of alkyl halides is 3. The van der Waals surface area contributed by atoms with Gasteiger partial charge >= 0.3 is 6.18 Å². The molecule has 0 amide bonds. The third kappa shape index (κ3) is 4.29. The molecular formula is C13H19F3N2. The summed E-state index contributed by atoms with van der Waals surface area (Å²) in [5, 5.41) is 0. The Labute approximate surface area is 105 Å². The lowest BCUT2D eigenvalue weighted by molar-refractivity contribution is -0.137. The molecule has 0 bridgehead atoms. The molecule has 0 aliphatic heterocycles. The Hall–Kier alpha value is -1.10. The van der Waals surface area contributed by atoms with Gasteiger partial charge in [-0.2, -0.15) is 13.2 Å². The Morgan fingerprint density at radius 2 is 2.00 bits per heavy atom. The Bertz CT molecular complexity index is 359. The van der Waals surface area contributed by atoms with Gasteiger partial charge in [-0.15, -0.1) is 0 Å². The van der Waals surface area contributed by atoms with Gasteiger partial charge in [0.05, 0.1) is 11.3 Å². The van der Waals surface area contributed by atoms with Crippen LogP contribution in [0.25, 0.3) is 0 Å². The fraction of sp³-hybridized carbons (Fsp3) is 0.615. The van der Waals surface area contributed by atoms with Crippen molar-refractivity contribution < 1.29 is 13.2 Å². The molecule has 0 aliphatic rings. The summed E-state index contributed by atoms with van der Waals surface area (Å²) in [4.78, 5) is 3.81. The number of rotatable bonds is 5. The molecule has 0 aliphatic carbocycles. The molecule has 0 radical (unpaired) electrons. The van der Waals surface area contributed by atoms with Crippen molar-refractivity contribution in [2.24, 2.45) is 11.7 Å². The van der Waals surface area contributed by atoms with E-state index in [1.54, 1.807) is 0 Å². The minimum absolute atomic E-state index is 0.297. The molecule has 102 valence electrons. The van der Waals surface area contributed by atoms with Crippen molar-refractivity contribution in [3.8, 4) is 0 Å². The lowest BCUT2D eigenvalue weighted by Gasteiger charge is -2.16. The van der Waals surface area contributed by atoms with E-state index in [9.17, 15) is 13.2 Å². The van der Waals surface area contributed by atoms with Crippen LogP contribution in [-0.2, 0) is 6.18 Å². The molecule has 2 nitrogen and oxygen atoms in total. The van der Waals surface area contributed by atoms with Gasteiger partial charge in [0.15, 0.2) is 0 Å². The molecule has 5 heteroatoms. The summed E-state index contributed by atoms with van der Waals surface area (Å²) < 4.78 is 37.1. The normalized spacial score (nSPS) is 15.4. The molecule has 1 heterocycles. The second-order valence-electron chi connectivity index (χ2n) is 4.71. The highest BCUT2D eigenvalue weighted by atomic mass is 19.4. The summed E-state index contributed by atoms with van der Waals surface area (Å²) in [5.74, 6) is 0.453. The van der Waals surface area contributed by atoms with E-state index in [0.717, 1.165) is 31.5 Å². The van der Waals surface area contributed by atoms with Crippen LogP contribution >= 0.6 is 0 Å². The van der Waals surface area contributed by atoms with E-state index in [4.69, 9.17) is 5.73 Å². The van der Waals surface area contributed by atoms with E-state index in [1.807, 2.05) is 0 Å². The van der Waals surface area contributed by atoms with E-state index in [0.29, 0.717) is 11.6 Å². The average Bonchev–Trinajstić information content (AvgIpc) is 2.28. The molecule has 2 unspecified atom stereocenters. The highest BCUT2D eigenvalue weighted by Gasteiger charge is 2.30. The Morgan fingerprint density at radius 3 is 2.44 bits per heavy atom. The summed E-state index contributed by atoms with van der Waals surface area (Å²) in [5.41, 5.74) is 5.72. The van der Waals surface area contributed by atoms with E-state index < -0.39 is 11.7 Å². The van der Waals surface area contributed by atoms with Crippen LogP contribution in [0.15, 0.2) is 18.3 Å². The van der Waals surface area contributed by atoms with Crippen molar-refractivity contribution in [1.29, 1.82) is 0 Å². The topological polar surface area (TPSA) is 38.9 Å². The summed E-state index contributed by atoms with van der Waals surface area (Å²) in [7, 11) is 0. The molecule has 1 rings (SSSR count). The lowest BCUT2D eigenvalue weighted by Crippen LogP contribution is -2.16. The second kappa shape index (κ2) is 6.18. The third-order valence-corrected chi connectivity index (χ3v) is 2.93. The molecule has 2 N–H and O–H groups in total. The largest absolute Gasteiger partial charge is 0.417 e. The van der Waals surface area contributed by atoms with E-state index in [-0.39, 0.29) is 6.04 Å². The van der Waals surface area contributed by atoms with Gasteiger partial charge in [0.25, 0.3) is 0 Å². The highest BCUT2D eigenvalue weighted by Crippen LogP contribution is 2.29. The standard InChI is InChI=1S/C13H19F3N2/c1-3-4-9(2)7-11(17)12-6-5-10(8-18-12)13(14,15)16/h5-6,8-9,11H,3-4,7,17H2,1-2H3. The third-order valence-electron chi connectivity index (χ3n) is 2.93. The molecule has 0 aromatic carbocycles. The van der Waals surface area contributed by atoms with E-state index >= 15 is 0 Å². The predicted molar refractivity (Wildman–Crippen MR) is 64.9 cm³/mol. The van der Waals surface area contributed by atoms with Gasteiger partial charge in [0.2, 0.25) is 0 Å². The summed E-state index contributed by atoms with van der Waals surface area (Å²) in [6.45, 7) is 4.19. The van der Waals surface area contributed by atoms with Crippen molar-refractivity contribution in [2.75, 3.05) is 0 Å². The van der Waals surface area contributed by atoms with Crippen molar-refractivity contribution in [2.45, 2.75) is 45.3 Å². The minimum Gasteiger partial charge on any atom is -0.323 e. The first-order chi connectivity index (χ1) is 8.34. The van der Waals surface area contributed by atoms with E-state index in [1.165, 1.54) is 6.07 Å².